The van der Waals surface area contributed by atoms with Crippen LogP contribution < -0.4 is 5.73 Å². The molecule has 0 aromatic rings. The van der Waals surface area contributed by atoms with Gasteiger partial charge in [-0.25, -0.2) is 0 Å². The number of hydrogen-bond acceptors (Lipinski definition) is 2. The lowest BCUT2D eigenvalue weighted by molar-refractivity contribution is 0.107. The largest absolute Gasteiger partial charge is 0.329 e. The van der Waals surface area contributed by atoms with Gasteiger partial charge in [-0.3, -0.25) is 4.90 Å². The summed E-state index contributed by atoms with van der Waals surface area (Å²) in [7, 11) is 0. The van der Waals surface area contributed by atoms with Gasteiger partial charge in [-0.15, -0.1) is 0 Å². The molecule has 1 saturated carbocycles. The van der Waals surface area contributed by atoms with E-state index in [1.807, 2.05) is 0 Å². The molecule has 1 saturated heterocycles. The molecule has 0 aromatic heterocycles. The van der Waals surface area contributed by atoms with E-state index in [1.54, 1.807) is 0 Å². The van der Waals surface area contributed by atoms with E-state index in [9.17, 15) is 0 Å². The van der Waals surface area contributed by atoms with Crippen molar-refractivity contribution < 1.29 is 0 Å². The molecule has 0 aromatic carbocycles. The molecule has 2 fully saturated rings. The average Bonchev–Trinajstić information content (AvgIpc) is 2.69. The Morgan fingerprint density at radius 2 is 1.81 bits per heavy atom. The minimum Gasteiger partial charge on any atom is -0.329 e. The summed E-state index contributed by atoms with van der Waals surface area (Å²) in [5, 5.41) is 0. The molecular formula is C14H28N2. The van der Waals surface area contributed by atoms with Crippen LogP contribution in [-0.2, 0) is 0 Å². The molecular weight excluding hydrogens is 196 g/mol. The van der Waals surface area contributed by atoms with Crippen LogP contribution in [0.3, 0.4) is 0 Å². The van der Waals surface area contributed by atoms with Crippen LogP contribution in [-0.4, -0.2) is 30.1 Å². The second-order valence-corrected chi connectivity index (χ2v) is 6.05. The van der Waals surface area contributed by atoms with E-state index in [2.05, 4.69) is 18.7 Å². The first-order valence-electron chi connectivity index (χ1n) is 7.18. The maximum Gasteiger partial charge on any atom is 0.0249 e. The zero-order chi connectivity index (χ0) is 11.5. The van der Waals surface area contributed by atoms with Crippen LogP contribution in [0.5, 0.6) is 0 Å². The summed E-state index contributed by atoms with van der Waals surface area (Å²) in [6.07, 6.45) is 8.41. The second kappa shape index (κ2) is 5.50. The fourth-order valence-corrected chi connectivity index (χ4v) is 3.72. The Morgan fingerprint density at radius 1 is 1.12 bits per heavy atom. The van der Waals surface area contributed by atoms with Gasteiger partial charge in [-0.05, 0) is 51.0 Å². The highest BCUT2D eigenvalue weighted by molar-refractivity contribution is 4.89. The highest BCUT2D eigenvalue weighted by Gasteiger charge is 2.33. The van der Waals surface area contributed by atoms with Crippen molar-refractivity contribution in [2.45, 2.75) is 64.5 Å². The fraction of sp³-hybridized carbons (Fsp3) is 1.00. The van der Waals surface area contributed by atoms with Crippen LogP contribution in [0.2, 0.25) is 0 Å². The number of likely N-dealkylation sites (tertiary alicyclic amines) is 1. The van der Waals surface area contributed by atoms with E-state index in [4.69, 9.17) is 5.73 Å². The normalized spacial score (nSPS) is 38.8. The van der Waals surface area contributed by atoms with Crippen molar-refractivity contribution in [2.24, 2.45) is 17.6 Å². The van der Waals surface area contributed by atoms with Crippen LogP contribution in [0.1, 0.15) is 52.4 Å². The topological polar surface area (TPSA) is 29.3 Å². The van der Waals surface area contributed by atoms with Gasteiger partial charge in [0.05, 0.1) is 0 Å². The van der Waals surface area contributed by atoms with Gasteiger partial charge in [-0.2, -0.15) is 0 Å². The van der Waals surface area contributed by atoms with Crippen LogP contribution in [0.15, 0.2) is 0 Å². The molecule has 1 heterocycles. The fourth-order valence-electron chi connectivity index (χ4n) is 3.72. The Hall–Kier alpha value is -0.0800. The molecule has 0 amide bonds. The Kier molecular flexibility index (Phi) is 4.26. The minimum absolute atomic E-state index is 0.671. The molecule has 1 aliphatic heterocycles. The molecule has 2 rings (SSSR count). The Bertz CT molecular complexity index is 209. The quantitative estimate of drug-likeness (QED) is 0.798. The van der Waals surface area contributed by atoms with Crippen LogP contribution in [0.4, 0.5) is 0 Å². The average molecular weight is 224 g/mol. The SMILES string of the molecule is CC1CCC(C(CN)N2CCCC2C)CC1. The molecule has 1 aliphatic carbocycles. The van der Waals surface area contributed by atoms with Crippen molar-refractivity contribution >= 4 is 0 Å². The Labute approximate surface area is 101 Å². The van der Waals surface area contributed by atoms with Crippen molar-refractivity contribution in [1.29, 1.82) is 0 Å². The van der Waals surface area contributed by atoms with E-state index < -0.39 is 0 Å². The molecule has 2 aliphatic rings. The van der Waals surface area contributed by atoms with Crippen molar-refractivity contribution in [2.75, 3.05) is 13.1 Å². The van der Waals surface area contributed by atoms with Gasteiger partial charge in [0.15, 0.2) is 0 Å². The zero-order valence-corrected chi connectivity index (χ0v) is 11.0. The Morgan fingerprint density at radius 3 is 2.31 bits per heavy atom. The highest BCUT2D eigenvalue weighted by Crippen LogP contribution is 2.34. The number of nitrogens with zero attached hydrogens (tertiary/aromatic N) is 1. The summed E-state index contributed by atoms with van der Waals surface area (Å²) in [6.45, 7) is 6.92. The molecule has 16 heavy (non-hydrogen) atoms. The third-order valence-corrected chi connectivity index (χ3v) is 4.88. The molecule has 2 atom stereocenters. The molecule has 94 valence electrons. The maximum absolute atomic E-state index is 6.04. The van der Waals surface area contributed by atoms with E-state index in [0.29, 0.717) is 6.04 Å². The van der Waals surface area contributed by atoms with Gasteiger partial charge in [0, 0.05) is 18.6 Å². The number of rotatable bonds is 3. The van der Waals surface area contributed by atoms with Gasteiger partial charge in [0.1, 0.15) is 0 Å². The smallest absolute Gasteiger partial charge is 0.0249 e. The molecule has 2 nitrogen and oxygen atoms in total. The summed E-state index contributed by atoms with van der Waals surface area (Å²) in [6, 6.07) is 1.44. The monoisotopic (exact) mass is 224 g/mol. The maximum atomic E-state index is 6.04. The molecule has 0 spiro atoms. The first-order chi connectivity index (χ1) is 7.72. The Balaban J connectivity index is 1.93. The first kappa shape index (κ1) is 12.4. The van der Waals surface area contributed by atoms with Gasteiger partial charge in [-0.1, -0.05) is 19.8 Å². The molecule has 2 heteroatoms. The van der Waals surface area contributed by atoms with Crippen molar-refractivity contribution in [1.82, 2.24) is 4.90 Å². The van der Waals surface area contributed by atoms with E-state index in [0.717, 1.165) is 24.4 Å². The first-order valence-corrected chi connectivity index (χ1v) is 7.18. The summed E-state index contributed by atoms with van der Waals surface area (Å²) >= 11 is 0. The van der Waals surface area contributed by atoms with Crippen LogP contribution in [0, 0.1) is 11.8 Å². The lowest BCUT2D eigenvalue weighted by atomic mass is 9.78. The van der Waals surface area contributed by atoms with Gasteiger partial charge >= 0.3 is 0 Å². The van der Waals surface area contributed by atoms with Gasteiger partial charge < -0.3 is 5.73 Å². The predicted molar refractivity (Wildman–Crippen MR) is 69.4 cm³/mol. The van der Waals surface area contributed by atoms with E-state index in [-0.39, 0.29) is 0 Å². The molecule has 0 bridgehead atoms. The predicted octanol–water partition coefficient (Wildman–Crippen LogP) is 2.62. The lowest BCUT2D eigenvalue weighted by Crippen LogP contribution is -2.47. The lowest BCUT2D eigenvalue weighted by Gasteiger charge is -2.39. The van der Waals surface area contributed by atoms with Gasteiger partial charge in [0.25, 0.3) is 0 Å². The highest BCUT2D eigenvalue weighted by atomic mass is 15.2. The third kappa shape index (κ3) is 2.60. The van der Waals surface area contributed by atoms with Crippen LogP contribution in [0.25, 0.3) is 0 Å². The summed E-state index contributed by atoms with van der Waals surface area (Å²) in [5.41, 5.74) is 6.04. The van der Waals surface area contributed by atoms with Crippen molar-refractivity contribution in [3.8, 4) is 0 Å². The summed E-state index contributed by atoms with van der Waals surface area (Å²) in [5.74, 6) is 1.83. The number of nitrogens with two attached hydrogens (primary N) is 1. The number of hydrogen-bond donors (Lipinski definition) is 1. The van der Waals surface area contributed by atoms with E-state index in [1.165, 1.54) is 45.1 Å². The third-order valence-electron chi connectivity index (χ3n) is 4.88. The zero-order valence-electron chi connectivity index (χ0n) is 11.0. The molecule has 2 unspecified atom stereocenters. The summed E-state index contributed by atoms with van der Waals surface area (Å²) < 4.78 is 0. The standard InChI is InChI=1S/C14H28N2/c1-11-5-7-13(8-6-11)14(10-15)16-9-3-4-12(16)2/h11-14H,3-10,15H2,1-2H3. The van der Waals surface area contributed by atoms with Crippen molar-refractivity contribution in [3.05, 3.63) is 0 Å². The summed E-state index contributed by atoms with van der Waals surface area (Å²) in [4.78, 5) is 2.70. The van der Waals surface area contributed by atoms with Crippen LogP contribution >= 0.6 is 0 Å². The minimum atomic E-state index is 0.671. The molecule has 2 N–H and O–H groups in total. The van der Waals surface area contributed by atoms with Gasteiger partial charge in [0.2, 0.25) is 0 Å². The van der Waals surface area contributed by atoms with Crippen molar-refractivity contribution in [3.63, 3.8) is 0 Å². The second-order valence-electron chi connectivity index (χ2n) is 6.05. The molecule has 0 radical (unpaired) electrons. The van der Waals surface area contributed by atoms with E-state index >= 15 is 0 Å².